The van der Waals surface area contributed by atoms with Crippen molar-refractivity contribution in [2.45, 2.75) is 110 Å². The summed E-state index contributed by atoms with van der Waals surface area (Å²) in [6.45, 7) is 7.90. The lowest BCUT2D eigenvalue weighted by atomic mass is 10.1. The van der Waals surface area contributed by atoms with E-state index >= 15 is 0 Å². The molecular formula is C24H40O3. The number of aliphatic hydroxyl groups is 1. The SMILES string of the molecule is CCCCCC(O)C#C/C=C\CC[C@@H]1C[C@H]1CCCCC(=O)OC(C)(C)C. The molecule has 1 fully saturated rings. The van der Waals surface area contributed by atoms with E-state index in [1.807, 2.05) is 26.8 Å². The normalized spacial score (nSPS) is 20.2. The minimum Gasteiger partial charge on any atom is -0.460 e. The predicted molar refractivity (Wildman–Crippen MR) is 112 cm³/mol. The number of esters is 1. The molecule has 0 aromatic rings. The Labute approximate surface area is 167 Å². The molecule has 0 aliphatic heterocycles. The van der Waals surface area contributed by atoms with Gasteiger partial charge in [-0.2, -0.15) is 0 Å². The molecule has 3 heteroatoms. The second-order valence-electron chi connectivity index (χ2n) is 8.87. The minimum absolute atomic E-state index is 0.0726. The monoisotopic (exact) mass is 376 g/mol. The molecule has 3 nitrogen and oxygen atoms in total. The summed E-state index contributed by atoms with van der Waals surface area (Å²) in [4.78, 5) is 11.7. The number of ether oxygens (including phenoxy) is 1. The van der Waals surface area contributed by atoms with E-state index in [1.54, 1.807) is 0 Å². The Morgan fingerprint density at radius 3 is 2.63 bits per heavy atom. The van der Waals surface area contributed by atoms with Crippen LogP contribution in [-0.4, -0.2) is 22.8 Å². The zero-order valence-corrected chi connectivity index (χ0v) is 17.9. The summed E-state index contributed by atoms with van der Waals surface area (Å²) in [7, 11) is 0. The highest BCUT2D eigenvalue weighted by molar-refractivity contribution is 5.69. The molecule has 1 saturated carbocycles. The van der Waals surface area contributed by atoms with Gasteiger partial charge in [-0.1, -0.05) is 50.5 Å². The first-order chi connectivity index (χ1) is 12.8. The molecule has 0 spiro atoms. The van der Waals surface area contributed by atoms with Crippen LogP contribution in [0, 0.1) is 23.7 Å². The van der Waals surface area contributed by atoms with Crippen LogP contribution >= 0.6 is 0 Å². The van der Waals surface area contributed by atoms with Gasteiger partial charge >= 0.3 is 5.97 Å². The van der Waals surface area contributed by atoms with Crippen molar-refractivity contribution in [1.82, 2.24) is 0 Å². The van der Waals surface area contributed by atoms with E-state index in [4.69, 9.17) is 4.74 Å². The maximum Gasteiger partial charge on any atom is 0.306 e. The smallest absolute Gasteiger partial charge is 0.306 e. The van der Waals surface area contributed by atoms with E-state index in [1.165, 1.54) is 25.7 Å². The average Bonchev–Trinajstić information content (AvgIpc) is 3.32. The Hall–Kier alpha value is -1.27. The van der Waals surface area contributed by atoms with Crippen LogP contribution in [0.25, 0.3) is 0 Å². The molecule has 0 radical (unpaired) electrons. The standard InChI is InChI=1S/C24H40O3/c1-5-6-9-16-22(25)17-11-8-7-10-14-20-19-21(20)15-12-13-18-23(26)27-24(2,3)4/h7-8,20-22,25H,5-6,9-10,12-16,18-19H2,1-4H3/b8-7-/t20-,21-,22?/m1/s1. The van der Waals surface area contributed by atoms with E-state index in [2.05, 4.69) is 24.8 Å². The number of allylic oxidation sites excluding steroid dienone is 2. The van der Waals surface area contributed by atoms with Crippen molar-refractivity contribution in [1.29, 1.82) is 0 Å². The summed E-state index contributed by atoms with van der Waals surface area (Å²) in [5.41, 5.74) is -0.371. The number of hydrogen-bond donors (Lipinski definition) is 1. The van der Waals surface area contributed by atoms with Gasteiger partial charge in [-0.25, -0.2) is 0 Å². The molecule has 0 heterocycles. The maximum atomic E-state index is 11.7. The lowest BCUT2D eigenvalue weighted by Crippen LogP contribution is -2.23. The Kier molecular flexibility index (Phi) is 11.4. The molecule has 1 aliphatic carbocycles. The van der Waals surface area contributed by atoms with Gasteiger partial charge in [-0.15, -0.1) is 0 Å². The van der Waals surface area contributed by atoms with Gasteiger partial charge in [0, 0.05) is 6.42 Å². The number of hydrogen-bond acceptors (Lipinski definition) is 3. The van der Waals surface area contributed by atoms with Crippen molar-refractivity contribution in [3.63, 3.8) is 0 Å². The third-order valence-electron chi connectivity index (χ3n) is 4.93. The number of unbranched alkanes of at least 4 members (excludes halogenated alkanes) is 3. The van der Waals surface area contributed by atoms with Crippen LogP contribution in [0.2, 0.25) is 0 Å². The fourth-order valence-corrected chi connectivity index (χ4v) is 3.34. The van der Waals surface area contributed by atoms with Crippen molar-refractivity contribution in [3.8, 4) is 11.8 Å². The second kappa shape index (κ2) is 13.0. The van der Waals surface area contributed by atoms with Gasteiger partial charge < -0.3 is 9.84 Å². The first kappa shape index (κ1) is 23.8. The molecular weight excluding hydrogens is 336 g/mol. The van der Waals surface area contributed by atoms with Crippen molar-refractivity contribution in [2.75, 3.05) is 0 Å². The lowest BCUT2D eigenvalue weighted by Gasteiger charge is -2.19. The highest BCUT2D eigenvalue weighted by Gasteiger charge is 2.35. The third kappa shape index (κ3) is 13.5. The molecule has 1 rings (SSSR count). The van der Waals surface area contributed by atoms with Gasteiger partial charge in [0.2, 0.25) is 0 Å². The summed E-state index contributed by atoms with van der Waals surface area (Å²) >= 11 is 0. The highest BCUT2D eigenvalue weighted by atomic mass is 16.6. The fourth-order valence-electron chi connectivity index (χ4n) is 3.34. The third-order valence-corrected chi connectivity index (χ3v) is 4.93. The molecule has 1 unspecified atom stereocenters. The minimum atomic E-state index is -0.477. The fraction of sp³-hybridized carbons (Fsp3) is 0.792. The van der Waals surface area contributed by atoms with Crippen LogP contribution < -0.4 is 0 Å². The Bertz CT molecular complexity index is 504. The summed E-state index contributed by atoms with van der Waals surface area (Å²) < 4.78 is 5.33. The van der Waals surface area contributed by atoms with Crippen molar-refractivity contribution < 1.29 is 14.6 Å². The summed E-state index contributed by atoms with van der Waals surface area (Å²) in [5.74, 6) is 7.48. The van der Waals surface area contributed by atoms with Crippen LogP contribution in [0.1, 0.15) is 98.3 Å². The number of aliphatic hydroxyl groups excluding tert-OH is 1. The Balaban J connectivity index is 2.00. The topological polar surface area (TPSA) is 46.5 Å². The van der Waals surface area contributed by atoms with Gasteiger partial charge in [0.25, 0.3) is 0 Å². The van der Waals surface area contributed by atoms with Crippen molar-refractivity contribution in [2.24, 2.45) is 11.8 Å². The van der Waals surface area contributed by atoms with E-state index in [0.717, 1.165) is 50.4 Å². The Morgan fingerprint density at radius 1 is 1.19 bits per heavy atom. The van der Waals surface area contributed by atoms with Gasteiger partial charge in [0.1, 0.15) is 11.7 Å². The molecule has 0 aromatic carbocycles. The van der Waals surface area contributed by atoms with Crippen LogP contribution in [0.3, 0.4) is 0 Å². The van der Waals surface area contributed by atoms with Crippen LogP contribution in [0.5, 0.6) is 0 Å². The van der Waals surface area contributed by atoms with E-state index in [-0.39, 0.29) is 11.6 Å². The largest absolute Gasteiger partial charge is 0.460 e. The molecule has 0 aromatic heterocycles. The van der Waals surface area contributed by atoms with Gasteiger partial charge in [0.05, 0.1) is 0 Å². The second-order valence-corrected chi connectivity index (χ2v) is 8.87. The molecule has 0 saturated heterocycles. The molecule has 0 bridgehead atoms. The highest BCUT2D eigenvalue weighted by Crippen LogP contribution is 2.45. The van der Waals surface area contributed by atoms with Crippen molar-refractivity contribution >= 4 is 5.97 Å². The molecule has 154 valence electrons. The number of rotatable bonds is 12. The molecule has 0 amide bonds. The van der Waals surface area contributed by atoms with Crippen LogP contribution in [-0.2, 0) is 9.53 Å². The molecule has 1 N–H and O–H groups in total. The van der Waals surface area contributed by atoms with E-state index in [9.17, 15) is 9.90 Å². The average molecular weight is 377 g/mol. The van der Waals surface area contributed by atoms with Gasteiger partial charge in [-0.05, 0) is 77.2 Å². The quantitative estimate of drug-likeness (QED) is 0.266. The Morgan fingerprint density at radius 2 is 1.93 bits per heavy atom. The first-order valence-electron chi connectivity index (χ1n) is 10.9. The molecule has 3 atom stereocenters. The zero-order chi connectivity index (χ0) is 20.1. The first-order valence-corrected chi connectivity index (χ1v) is 10.9. The molecule has 1 aliphatic rings. The summed E-state index contributed by atoms with van der Waals surface area (Å²) in [6.07, 6.45) is 15.2. The summed E-state index contributed by atoms with van der Waals surface area (Å²) in [6, 6.07) is 0. The van der Waals surface area contributed by atoms with Gasteiger partial charge in [0.15, 0.2) is 0 Å². The summed E-state index contributed by atoms with van der Waals surface area (Å²) in [5, 5.41) is 9.72. The van der Waals surface area contributed by atoms with Crippen LogP contribution in [0.15, 0.2) is 12.2 Å². The molecule has 27 heavy (non-hydrogen) atoms. The maximum absolute atomic E-state index is 11.7. The number of carbonyl (C=O) groups excluding carboxylic acids is 1. The van der Waals surface area contributed by atoms with Crippen molar-refractivity contribution in [3.05, 3.63) is 12.2 Å². The number of carbonyl (C=O) groups is 1. The zero-order valence-electron chi connectivity index (χ0n) is 17.9. The lowest BCUT2D eigenvalue weighted by molar-refractivity contribution is -0.154. The van der Waals surface area contributed by atoms with Crippen LogP contribution in [0.4, 0.5) is 0 Å². The predicted octanol–water partition coefficient (Wildman–Crippen LogP) is 5.81. The van der Waals surface area contributed by atoms with E-state index in [0.29, 0.717) is 6.42 Å². The van der Waals surface area contributed by atoms with Gasteiger partial charge in [-0.3, -0.25) is 4.79 Å². The van der Waals surface area contributed by atoms with E-state index < -0.39 is 6.10 Å².